The third-order valence-electron chi connectivity index (χ3n) is 5.01. The highest BCUT2D eigenvalue weighted by molar-refractivity contribution is 9.10. The molecule has 1 atom stereocenters. The summed E-state index contributed by atoms with van der Waals surface area (Å²) in [5, 5.41) is 16.4. The van der Waals surface area contributed by atoms with Gasteiger partial charge in [-0.05, 0) is 48.9 Å². The van der Waals surface area contributed by atoms with Crippen LogP contribution in [-0.2, 0) is 13.1 Å². The summed E-state index contributed by atoms with van der Waals surface area (Å²) in [7, 11) is 0. The highest BCUT2D eigenvalue weighted by Gasteiger charge is 2.14. The van der Waals surface area contributed by atoms with Crippen molar-refractivity contribution in [2.24, 2.45) is 0 Å². The number of fused-ring (bicyclic) bond motifs is 3. The van der Waals surface area contributed by atoms with Crippen LogP contribution in [0.25, 0.3) is 21.8 Å². The quantitative estimate of drug-likeness (QED) is 0.351. The average Bonchev–Trinajstić information content (AvgIpc) is 2.96. The van der Waals surface area contributed by atoms with Crippen molar-refractivity contribution in [1.82, 2.24) is 9.88 Å². The van der Waals surface area contributed by atoms with Crippen molar-refractivity contribution in [2.45, 2.75) is 26.1 Å². The molecule has 4 rings (SSSR count). The zero-order valence-electron chi connectivity index (χ0n) is 15.6. The number of hydrogen-bond acceptors (Lipinski definition) is 2. The van der Waals surface area contributed by atoms with Gasteiger partial charge in [-0.1, -0.05) is 61.7 Å². The Morgan fingerprint density at radius 1 is 0.893 bits per heavy atom. The molecule has 0 amide bonds. The number of hydrogen-bond donors (Lipinski definition) is 2. The third-order valence-corrected chi connectivity index (χ3v) is 6.00. The van der Waals surface area contributed by atoms with Gasteiger partial charge in [-0.15, -0.1) is 0 Å². The van der Waals surface area contributed by atoms with Crippen LogP contribution < -0.4 is 5.32 Å². The Bertz CT molecular complexity index is 1060. The molecule has 0 fully saturated rings. The Morgan fingerprint density at radius 2 is 1.46 bits per heavy atom. The molecule has 1 aromatic heterocycles. The Labute approximate surface area is 181 Å². The maximum Gasteiger partial charge on any atom is 0.0843 e. The summed E-state index contributed by atoms with van der Waals surface area (Å²) >= 11 is 7.15. The topological polar surface area (TPSA) is 37.2 Å². The Kier molecular flexibility index (Phi) is 5.88. The number of aliphatic hydroxyl groups excluding tert-OH is 1. The average molecular weight is 502 g/mol. The first-order chi connectivity index (χ1) is 13.5. The first kappa shape index (κ1) is 19.6. The molecule has 0 aliphatic rings. The summed E-state index contributed by atoms with van der Waals surface area (Å²) < 4.78 is 4.32. The second-order valence-electron chi connectivity index (χ2n) is 7.20. The van der Waals surface area contributed by atoms with E-state index in [1.54, 1.807) is 0 Å². The van der Waals surface area contributed by atoms with Gasteiger partial charge in [-0.25, -0.2) is 0 Å². The zero-order chi connectivity index (χ0) is 19.7. The molecule has 0 spiro atoms. The van der Waals surface area contributed by atoms with Crippen molar-refractivity contribution >= 4 is 53.7 Å². The third kappa shape index (κ3) is 4.18. The van der Waals surface area contributed by atoms with Crippen molar-refractivity contribution in [3.05, 3.63) is 80.7 Å². The van der Waals surface area contributed by atoms with E-state index in [4.69, 9.17) is 0 Å². The van der Waals surface area contributed by atoms with Gasteiger partial charge in [0.25, 0.3) is 0 Å². The van der Waals surface area contributed by atoms with Gasteiger partial charge in [-0.3, -0.25) is 0 Å². The van der Waals surface area contributed by atoms with Crippen LogP contribution in [0.5, 0.6) is 0 Å². The minimum atomic E-state index is -0.475. The van der Waals surface area contributed by atoms with E-state index in [-0.39, 0.29) is 0 Å². The van der Waals surface area contributed by atoms with Crippen LogP contribution in [0.4, 0.5) is 0 Å². The molecule has 28 heavy (non-hydrogen) atoms. The molecular weight excluding hydrogens is 480 g/mol. The number of aryl methyl sites for hydroxylation is 1. The van der Waals surface area contributed by atoms with Crippen molar-refractivity contribution in [2.75, 3.05) is 6.54 Å². The SMILES string of the molecule is Cc1ccc(CNCC(O)Cn2c3ccc(Br)cc3c3cc(Br)ccc32)cc1. The van der Waals surface area contributed by atoms with Gasteiger partial charge < -0.3 is 15.0 Å². The molecule has 0 aliphatic carbocycles. The first-order valence-electron chi connectivity index (χ1n) is 9.32. The van der Waals surface area contributed by atoms with Gasteiger partial charge in [0.1, 0.15) is 0 Å². The normalized spacial score (nSPS) is 12.7. The predicted octanol–water partition coefficient (Wildman–Crippen LogP) is 5.78. The molecule has 1 heterocycles. The van der Waals surface area contributed by atoms with Crippen molar-refractivity contribution in [1.29, 1.82) is 0 Å². The van der Waals surface area contributed by atoms with Crippen LogP contribution in [0.1, 0.15) is 11.1 Å². The number of benzene rings is 3. The maximum absolute atomic E-state index is 10.7. The van der Waals surface area contributed by atoms with E-state index in [9.17, 15) is 5.11 Å². The van der Waals surface area contributed by atoms with E-state index in [2.05, 4.69) is 109 Å². The largest absolute Gasteiger partial charge is 0.390 e. The van der Waals surface area contributed by atoms with E-state index in [0.29, 0.717) is 13.1 Å². The summed E-state index contributed by atoms with van der Waals surface area (Å²) in [6.45, 7) is 3.93. The molecule has 0 saturated carbocycles. The van der Waals surface area contributed by atoms with E-state index in [0.717, 1.165) is 26.5 Å². The second-order valence-corrected chi connectivity index (χ2v) is 9.04. The molecule has 0 bridgehead atoms. The summed E-state index contributed by atoms with van der Waals surface area (Å²) in [5.74, 6) is 0. The summed E-state index contributed by atoms with van der Waals surface area (Å²) in [6, 6.07) is 21.1. The number of rotatable bonds is 6. The zero-order valence-corrected chi connectivity index (χ0v) is 18.8. The highest BCUT2D eigenvalue weighted by atomic mass is 79.9. The molecule has 0 aliphatic heterocycles. The van der Waals surface area contributed by atoms with Gasteiger partial charge >= 0.3 is 0 Å². The van der Waals surface area contributed by atoms with Crippen LogP contribution >= 0.6 is 31.9 Å². The smallest absolute Gasteiger partial charge is 0.0843 e. The van der Waals surface area contributed by atoms with E-state index in [1.807, 2.05) is 0 Å². The summed E-state index contributed by atoms with van der Waals surface area (Å²) in [5.41, 5.74) is 4.75. The van der Waals surface area contributed by atoms with Crippen LogP contribution in [0.2, 0.25) is 0 Å². The number of nitrogens with one attached hydrogen (secondary N) is 1. The van der Waals surface area contributed by atoms with E-state index < -0.39 is 6.10 Å². The second kappa shape index (κ2) is 8.37. The lowest BCUT2D eigenvalue weighted by Crippen LogP contribution is -2.29. The Morgan fingerprint density at radius 3 is 2.04 bits per heavy atom. The summed E-state index contributed by atoms with van der Waals surface area (Å²) in [6.07, 6.45) is -0.475. The monoisotopic (exact) mass is 500 g/mol. The van der Waals surface area contributed by atoms with Gasteiger partial charge in [0, 0.05) is 43.8 Å². The molecule has 5 heteroatoms. The van der Waals surface area contributed by atoms with E-state index >= 15 is 0 Å². The minimum Gasteiger partial charge on any atom is -0.390 e. The summed E-state index contributed by atoms with van der Waals surface area (Å²) in [4.78, 5) is 0. The van der Waals surface area contributed by atoms with Gasteiger partial charge in [0.05, 0.1) is 12.6 Å². The fourth-order valence-electron chi connectivity index (χ4n) is 3.61. The van der Waals surface area contributed by atoms with Crippen LogP contribution in [-0.4, -0.2) is 22.3 Å². The molecule has 0 saturated heterocycles. The predicted molar refractivity (Wildman–Crippen MR) is 124 cm³/mol. The Balaban J connectivity index is 1.53. The van der Waals surface area contributed by atoms with E-state index in [1.165, 1.54) is 21.9 Å². The lowest BCUT2D eigenvalue weighted by molar-refractivity contribution is 0.154. The number of aromatic nitrogens is 1. The molecule has 144 valence electrons. The lowest BCUT2D eigenvalue weighted by atomic mass is 10.1. The molecule has 2 N–H and O–H groups in total. The van der Waals surface area contributed by atoms with Gasteiger partial charge in [0.2, 0.25) is 0 Å². The van der Waals surface area contributed by atoms with Gasteiger partial charge in [-0.2, -0.15) is 0 Å². The highest BCUT2D eigenvalue weighted by Crippen LogP contribution is 2.33. The molecular formula is C23H22Br2N2O. The maximum atomic E-state index is 10.7. The van der Waals surface area contributed by atoms with Crippen LogP contribution in [0.15, 0.2) is 69.6 Å². The fourth-order valence-corrected chi connectivity index (χ4v) is 4.33. The number of halogens is 2. The molecule has 3 nitrogen and oxygen atoms in total. The molecule has 3 aromatic carbocycles. The Hall–Kier alpha value is -1.66. The van der Waals surface area contributed by atoms with Gasteiger partial charge in [0.15, 0.2) is 0 Å². The fraction of sp³-hybridized carbons (Fsp3) is 0.217. The molecule has 1 unspecified atom stereocenters. The van der Waals surface area contributed by atoms with Crippen molar-refractivity contribution < 1.29 is 5.11 Å². The molecule has 4 aromatic rings. The number of aliphatic hydroxyl groups is 1. The number of nitrogens with zero attached hydrogens (tertiary/aromatic N) is 1. The first-order valence-corrected chi connectivity index (χ1v) is 10.9. The van der Waals surface area contributed by atoms with Crippen molar-refractivity contribution in [3.8, 4) is 0 Å². The van der Waals surface area contributed by atoms with Crippen LogP contribution in [0, 0.1) is 6.92 Å². The van der Waals surface area contributed by atoms with Crippen LogP contribution in [0.3, 0.4) is 0 Å². The molecule has 0 radical (unpaired) electrons. The lowest BCUT2D eigenvalue weighted by Gasteiger charge is -2.15. The minimum absolute atomic E-state index is 0.475. The standard InChI is InChI=1S/C23H22Br2N2O/c1-15-2-4-16(5-3-15)12-26-13-19(28)14-27-22-8-6-17(24)10-20(22)21-11-18(25)7-9-23(21)27/h2-11,19,26,28H,12-14H2,1H3. The van der Waals surface area contributed by atoms with Crippen molar-refractivity contribution in [3.63, 3.8) is 0 Å².